The molecule has 0 spiro atoms. The predicted octanol–water partition coefficient (Wildman–Crippen LogP) is -0.189. The van der Waals surface area contributed by atoms with Gasteiger partial charge in [-0.3, -0.25) is 9.69 Å². The van der Waals surface area contributed by atoms with Crippen molar-refractivity contribution in [2.75, 3.05) is 19.6 Å². The summed E-state index contributed by atoms with van der Waals surface area (Å²) in [5.41, 5.74) is 0. The number of carbonyl (C=O) groups excluding carboxylic acids is 1. The van der Waals surface area contributed by atoms with Crippen LogP contribution in [0.4, 0.5) is 0 Å². The van der Waals surface area contributed by atoms with Gasteiger partial charge < -0.3 is 10.4 Å². The highest BCUT2D eigenvalue weighted by Crippen LogP contribution is 1.95. The van der Waals surface area contributed by atoms with Crippen molar-refractivity contribution in [3.63, 3.8) is 0 Å². The Kier molecular flexibility index (Phi) is 6.88. The van der Waals surface area contributed by atoms with Crippen molar-refractivity contribution in [1.29, 1.82) is 5.26 Å². The summed E-state index contributed by atoms with van der Waals surface area (Å²) < 4.78 is 0. The Bertz CT molecular complexity index is 286. The molecule has 0 aliphatic carbocycles. The van der Waals surface area contributed by atoms with E-state index >= 15 is 0 Å². The zero-order valence-electron chi connectivity index (χ0n) is 9.56. The van der Waals surface area contributed by atoms with Gasteiger partial charge in [0, 0.05) is 26.4 Å². The monoisotopic (exact) mass is 227 g/mol. The molecule has 0 aromatic rings. The summed E-state index contributed by atoms with van der Waals surface area (Å²) in [4.78, 5) is 23.5. The summed E-state index contributed by atoms with van der Waals surface area (Å²) in [6.45, 7) is 4.53. The van der Waals surface area contributed by atoms with E-state index in [1.54, 1.807) is 0 Å². The number of carboxylic acid groups (broad SMARTS) is 1. The number of nitrogens with zero attached hydrogens (tertiary/aromatic N) is 2. The third kappa shape index (κ3) is 5.98. The van der Waals surface area contributed by atoms with Gasteiger partial charge in [-0.15, -0.1) is 0 Å². The smallest absolute Gasteiger partial charge is 0.327 e. The molecule has 0 rings (SSSR count). The van der Waals surface area contributed by atoms with Crippen LogP contribution in [0, 0.1) is 11.3 Å². The molecule has 0 bridgehead atoms. The number of hydrogen-bond donors (Lipinski definition) is 2. The molecule has 16 heavy (non-hydrogen) atoms. The number of amides is 1. The van der Waals surface area contributed by atoms with Crippen molar-refractivity contribution in [3.05, 3.63) is 0 Å². The van der Waals surface area contributed by atoms with Gasteiger partial charge in [0.05, 0.1) is 6.07 Å². The zero-order valence-corrected chi connectivity index (χ0v) is 9.56. The van der Waals surface area contributed by atoms with Crippen molar-refractivity contribution in [2.45, 2.75) is 26.3 Å². The van der Waals surface area contributed by atoms with Crippen molar-refractivity contribution < 1.29 is 14.7 Å². The van der Waals surface area contributed by atoms with Crippen molar-refractivity contribution in [2.24, 2.45) is 0 Å². The molecule has 90 valence electrons. The fraction of sp³-hybridized carbons (Fsp3) is 0.700. The Balaban J connectivity index is 4.29. The van der Waals surface area contributed by atoms with E-state index in [9.17, 15) is 9.59 Å². The van der Waals surface area contributed by atoms with Crippen LogP contribution in [0.1, 0.15) is 20.3 Å². The first-order chi connectivity index (χ1) is 7.51. The molecule has 0 saturated heterocycles. The second kappa shape index (κ2) is 7.65. The average molecular weight is 227 g/mol. The lowest BCUT2D eigenvalue weighted by Crippen LogP contribution is -2.48. The molecule has 0 aromatic carbocycles. The Morgan fingerprint density at radius 1 is 1.56 bits per heavy atom. The Morgan fingerprint density at radius 2 is 2.19 bits per heavy atom. The van der Waals surface area contributed by atoms with Crippen LogP contribution in [0.5, 0.6) is 0 Å². The topological polar surface area (TPSA) is 93.4 Å². The van der Waals surface area contributed by atoms with Crippen LogP contribution in [0.25, 0.3) is 0 Å². The van der Waals surface area contributed by atoms with Gasteiger partial charge in [-0.1, -0.05) is 6.92 Å². The molecule has 6 heteroatoms. The molecule has 1 unspecified atom stereocenters. The maximum absolute atomic E-state index is 10.9. The van der Waals surface area contributed by atoms with Crippen LogP contribution in [0.3, 0.4) is 0 Å². The first kappa shape index (κ1) is 14.4. The van der Waals surface area contributed by atoms with Crippen LogP contribution >= 0.6 is 0 Å². The van der Waals surface area contributed by atoms with Crippen LogP contribution in [-0.2, 0) is 9.59 Å². The van der Waals surface area contributed by atoms with E-state index in [4.69, 9.17) is 10.4 Å². The fourth-order valence-electron chi connectivity index (χ4n) is 1.28. The van der Waals surface area contributed by atoms with Gasteiger partial charge in [-0.2, -0.15) is 5.26 Å². The van der Waals surface area contributed by atoms with Gasteiger partial charge in [0.15, 0.2) is 0 Å². The molecule has 0 aromatic heterocycles. The summed E-state index contributed by atoms with van der Waals surface area (Å²) >= 11 is 0. The summed E-state index contributed by atoms with van der Waals surface area (Å²) in [5, 5.41) is 19.7. The third-order valence-electron chi connectivity index (χ3n) is 2.10. The van der Waals surface area contributed by atoms with Crippen molar-refractivity contribution in [3.8, 4) is 6.07 Å². The molecular weight excluding hydrogens is 210 g/mol. The van der Waals surface area contributed by atoms with Gasteiger partial charge in [-0.25, -0.2) is 4.79 Å². The summed E-state index contributed by atoms with van der Waals surface area (Å²) in [6, 6.07) is 1.08. The first-order valence-electron chi connectivity index (χ1n) is 5.10. The number of nitriles is 1. The van der Waals surface area contributed by atoms with Crippen LogP contribution in [-0.4, -0.2) is 47.6 Å². The molecule has 6 nitrogen and oxygen atoms in total. The Morgan fingerprint density at radius 3 is 2.56 bits per heavy atom. The molecule has 1 amide bonds. The van der Waals surface area contributed by atoms with Gasteiger partial charge in [0.1, 0.15) is 6.04 Å². The van der Waals surface area contributed by atoms with Gasteiger partial charge in [0.25, 0.3) is 0 Å². The molecule has 0 saturated carbocycles. The number of rotatable bonds is 7. The maximum atomic E-state index is 10.9. The Hall–Kier alpha value is -1.61. The second-order valence-corrected chi connectivity index (χ2v) is 3.39. The van der Waals surface area contributed by atoms with E-state index < -0.39 is 12.0 Å². The molecule has 0 aliphatic heterocycles. The molecule has 2 N–H and O–H groups in total. The van der Waals surface area contributed by atoms with E-state index in [0.29, 0.717) is 19.5 Å². The summed E-state index contributed by atoms with van der Waals surface area (Å²) in [7, 11) is 0. The zero-order chi connectivity index (χ0) is 12.6. The maximum Gasteiger partial charge on any atom is 0.327 e. The quantitative estimate of drug-likeness (QED) is 0.628. The highest BCUT2D eigenvalue weighted by molar-refractivity contribution is 5.82. The highest BCUT2D eigenvalue weighted by Gasteiger charge is 2.20. The lowest BCUT2D eigenvalue weighted by Gasteiger charge is -2.23. The highest BCUT2D eigenvalue weighted by atomic mass is 16.4. The standard InChI is InChI=1S/C10H17N3O3/c1-3-13(6-4-5-11)7-9(10(15)16)12-8(2)14/h9H,3-4,6-7H2,1-2H3,(H,12,14)(H,15,16). The number of carbonyl (C=O) groups is 2. The molecule has 0 aliphatic rings. The predicted molar refractivity (Wildman–Crippen MR) is 57.6 cm³/mol. The van der Waals surface area contributed by atoms with Crippen LogP contribution in [0.15, 0.2) is 0 Å². The third-order valence-corrected chi connectivity index (χ3v) is 2.10. The molecule has 0 fully saturated rings. The number of nitrogens with one attached hydrogen (secondary N) is 1. The minimum absolute atomic E-state index is 0.215. The summed E-state index contributed by atoms with van der Waals surface area (Å²) in [6.07, 6.45) is 0.347. The number of carboxylic acids is 1. The number of likely N-dealkylation sites (N-methyl/N-ethyl adjacent to an activating group) is 1. The van der Waals surface area contributed by atoms with Crippen molar-refractivity contribution >= 4 is 11.9 Å². The summed E-state index contributed by atoms with van der Waals surface area (Å²) in [5.74, 6) is -1.44. The lowest BCUT2D eigenvalue weighted by atomic mass is 10.2. The van der Waals surface area contributed by atoms with Crippen LogP contribution in [0.2, 0.25) is 0 Å². The SMILES string of the molecule is CCN(CCC#N)CC(NC(C)=O)C(=O)O. The van der Waals surface area contributed by atoms with E-state index in [-0.39, 0.29) is 12.5 Å². The van der Waals surface area contributed by atoms with Crippen molar-refractivity contribution in [1.82, 2.24) is 10.2 Å². The molecule has 0 heterocycles. The average Bonchev–Trinajstić information content (AvgIpc) is 2.21. The first-order valence-corrected chi connectivity index (χ1v) is 5.10. The minimum atomic E-state index is -1.06. The molecular formula is C10H17N3O3. The van der Waals surface area contributed by atoms with E-state index in [1.165, 1.54) is 6.92 Å². The Labute approximate surface area is 94.8 Å². The second-order valence-electron chi connectivity index (χ2n) is 3.39. The number of hydrogen-bond acceptors (Lipinski definition) is 4. The van der Waals surface area contributed by atoms with Gasteiger partial charge >= 0.3 is 5.97 Å². The molecule has 1 atom stereocenters. The van der Waals surface area contributed by atoms with Gasteiger partial charge in [-0.05, 0) is 6.54 Å². The lowest BCUT2D eigenvalue weighted by molar-refractivity contribution is -0.142. The normalized spacial score (nSPS) is 11.9. The van der Waals surface area contributed by atoms with Crippen LogP contribution < -0.4 is 5.32 Å². The van der Waals surface area contributed by atoms with E-state index in [0.717, 1.165) is 0 Å². The van der Waals surface area contributed by atoms with E-state index in [2.05, 4.69) is 5.32 Å². The van der Waals surface area contributed by atoms with Gasteiger partial charge in [0.2, 0.25) is 5.91 Å². The molecule has 0 radical (unpaired) electrons. The van der Waals surface area contributed by atoms with E-state index in [1.807, 2.05) is 17.9 Å². The fourth-order valence-corrected chi connectivity index (χ4v) is 1.28. The minimum Gasteiger partial charge on any atom is -0.480 e. The largest absolute Gasteiger partial charge is 0.480 e. The number of aliphatic carboxylic acids is 1.